The second-order valence-corrected chi connectivity index (χ2v) is 5.07. The van der Waals surface area contributed by atoms with Crippen molar-refractivity contribution in [1.29, 1.82) is 0 Å². The fourth-order valence-corrected chi connectivity index (χ4v) is 2.67. The van der Waals surface area contributed by atoms with Gasteiger partial charge >= 0.3 is 5.97 Å². The van der Waals surface area contributed by atoms with E-state index in [4.69, 9.17) is 5.11 Å². The number of hydrogen-bond acceptors (Lipinski definition) is 4. The molecule has 2 unspecified atom stereocenters. The summed E-state index contributed by atoms with van der Waals surface area (Å²) < 4.78 is 0. The van der Waals surface area contributed by atoms with E-state index < -0.39 is 5.97 Å². The summed E-state index contributed by atoms with van der Waals surface area (Å²) >= 11 is 0. The summed E-state index contributed by atoms with van der Waals surface area (Å²) in [6.07, 6.45) is 7.60. The molecular weight excluding hydrogens is 230 g/mol. The molecule has 5 nitrogen and oxygen atoms in total. The summed E-state index contributed by atoms with van der Waals surface area (Å²) in [7, 11) is 1.92. The van der Waals surface area contributed by atoms with Gasteiger partial charge in [0.25, 0.3) is 0 Å². The third-order valence-electron chi connectivity index (χ3n) is 3.67. The van der Waals surface area contributed by atoms with Gasteiger partial charge < -0.3 is 10.0 Å². The predicted octanol–water partition coefficient (Wildman–Crippen LogP) is 2.19. The Balaban J connectivity index is 2.22. The third-order valence-corrected chi connectivity index (χ3v) is 3.67. The average molecular weight is 249 g/mol. The summed E-state index contributed by atoms with van der Waals surface area (Å²) in [6.45, 7) is 2.24. The highest BCUT2D eigenvalue weighted by Crippen LogP contribution is 2.29. The van der Waals surface area contributed by atoms with Crippen molar-refractivity contribution in [1.82, 2.24) is 9.97 Å². The van der Waals surface area contributed by atoms with E-state index in [2.05, 4.69) is 16.9 Å². The van der Waals surface area contributed by atoms with Crippen LogP contribution in [0.25, 0.3) is 0 Å². The van der Waals surface area contributed by atoms with Crippen LogP contribution in [-0.4, -0.2) is 34.1 Å². The highest BCUT2D eigenvalue weighted by Gasteiger charge is 2.26. The van der Waals surface area contributed by atoms with Crippen LogP contribution in [0.3, 0.4) is 0 Å². The molecule has 0 amide bonds. The monoisotopic (exact) mass is 249 g/mol. The summed E-state index contributed by atoms with van der Waals surface area (Å²) in [5.41, 5.74) is 0.0400. The minimum Gasteiger partial charge on any atom is -0.476 e. The zero-order chi connectivity index (χ0) is 13.1. The van der Waals surface area contributed by atoms with Crippen LogP contribution in [0, 0.1) is 5.92 Å². The minimum atomic E-state index is -1.02. The van der Waals surface area contributed by atoms with Crippen molar-refractivity contribution in [2.45, 2.75) is 38.6 Å². The molecule has 1 heterocycles. The maximum Gasteiger partial charge on any atom is 0.358 e. The first-order valence-corrected chi connectivity index (χ1v) is 6.36. The molecule has 1 N–H and O–H groups in total. The zero-order valence-electron chi connectivity index (χ0n) is 10.8. The standard InChI is InChI=1S/C13H19N3O2/c1-9-4-3-5-10(8-9)16(2)12-11(13(17)18)14-6-7-15-12/h6-7,9-10H,3-5,8H2,1-2H3,(H,17,18). The molecule has 0 aromatic carbocycles. The van der Waals surface area contributed by atoms with Crippen LogP contribution in [0.1, 0.15) is 43.1 Å². The largest absolute Gasteiger partial charge is 0.476 e. The Morgan fingerprint density at radius 1 is 1.39 bits per heavy atom. The van der Waals surface area contributed by atoms with E-state index in [1.807, 2.05) is 11.9 Å². The van der Waals surface area contributed by atoms with Gasteiger partial charge in [0.05, 0.1) is 0 Å². The molecule has 1 aromatic rings. The van der Waals surface area contributed by atoms with E-state index in [9.17, 15) is 4.79 Å². The number of nitrogens with zero attached hydrogens (tertiary/aromatic N) is 3. The molecule has 18 heavy (non-hydrogen) atoms. The van der Waals surface area contributed by atoms with Gasteiger partial charge in [-0.2, -0.15) is 0 Å². The maximum absolute atomic E-state index is 11.1. The van der Waals surface area contributed by atoms with E-state index in [0.29, 0.717) is 17.8 Å². The van der Waals surface area contributed by atoms with Gasteiger partial charge in [-0.25, -0.2) is 14.8 Å². The van der Waals surface area contributed by atoms with Crippen molar-refractivity contribution < 1.29 is 9.90 Å². The first-order chi connectivity index (χ1) is 8.59. The first-order valence-electron chi connectivity index (χ1n) is 6.36. The molecule has 0 bridgehead atoms. The lowest BCUT2D eigenvalue weighted by atomic mass is 9.86. The van der Waals surface area contributed by atoms with Gasteiger partial charge in [-0.3, -0.25) is 0 Å². The minimum absolute atomic E-state index is 0.0400. The summed E-state index contributed by atoms with van der Waals surface area (Å²) in [6, 6.07) is 0.364. The number of rotatable bonds is 3. The lowest BCUT2D eigenvalue weighted by Gasteiger charge is -2.35. The fraction of sp³-hybridized carbons (Fsp3) is 0.615. The smallest absolute Gasteiger partial charge is 0.358 e. The number of aromatic carboxylic acids is 1. The zero-order valence-corrected chi connectivity index (χ0v) is 10.8. The molecule has 2 rings (SSSR count). The van der Waals surface area contributed by atoms with Crippen LogP contribution in [0.5, 0.6) is 0 Å². The van der Waals surface area contributed by atoms with Crippen molar-refractivity contribution >= 4 is 11.8 Å². The van der Waals surface area contributed by atoms with Crippen molar-refractivity contribution in [2.24, 2.45) is 5.92 Å². The van der Waals surface area contributed by atoms with Gasteiger partial charge in [0, 0.05) is 25.5 Å². The molecule has 1 fully saturated rings. The molecule has 0 aliphatic heterocycles. The highest BCUT2D eigenvalue weighted by molar-refractivity contribution is 5.90. The molecule has 1 aromatic heterocycles. The van der Waals surface area contributed by atoms with Gasteiger partial charge in [-0.1, -0.05) is 19.8 Å². The molecule has 0 radical (unpaired) electrons. The van der Waals surface area contributed by atoms with E-state index >= 15 is 0 Å². The van der Waals surface area contributed by atoms with Crippen LogP contribution < -0.4 is 4.90 Å². The Hall–Kier alpha value is -1.65. The van der Waals surface area contributed by atoms with Crippen molar-refractivity contribution in [3.8, 4) is 0 Å². The molecule has 0 spiro atoms. The maximum atomic E-state index is 11.1. The van der Waals surface area contributed by atoms with Crippen LogP contribution in [0.15, 0.2) is 12.4 Å². The van der Waals surface area contributed by atoms with Crippen LogP contribution >= 0.6 is 0 Å². The van der Waals surface area contributed by atoms with Gasteiger partial charge in [0.15, 0.2) is 11.5 Å². The summed E-state index contributed by atoms with van der Waals surface area (Å²) in [4.78, 5) is 21.2. The molecular formula is C13H19N3O2. The Bertz CT molecular complexity index is 436. The normalized spacial score (nSPS) is 23.7. The topological polar surface area (TPSA) is 66.3 Å². The molecule has 0 saturated heterocycles. The molecule has 2 atom stereocenters. The molecule has 1 aliphatic rings. The summed E-state index contributed by atoms with van der Waals surface area (Å²) in [5, 5.41) is 9.14. The average Bonchev–Trinajstić information content (AvgIpc) is 2.38. The quantitative estimate of drug-likeness (QED) is 0.889. The van der Waals surface area contributed by atoms with Crippen molar-refractivity contribution in [3.63, 3.8) is 0 Å². The lowest BCUT2D eigenvalue weighted by molar-refractivity contribution is 0.0690. The number of aromatic nitrogens is 2. The number of hydrogen-bond donors (Lipinski definition) is 1. The molecule has 1 aliphatic carbocycles. The number of carbonyl (C=O) groups is 1. The highest BCUT2D eigenvalue weighted by atomic mass is 16.4. The first kappa shape index (κ1) is 12.8. The number of anilines is 1. The van der Waals surface area contributed by atoms with Crippen LogP contribution in [-0.2, 0) is 0 Å². The molecule has 98 valence electrons. The van der Waals surface area contributed by atoms with Gasteiger partial charge in [0.2, 0.25) is 0 Å². The third kappa shape index (κ3) is 2.60. The van der Waals surface area contributed by atoms with Crippen LogP contribution in [0.4, 0.5) is 5.82 Å². The molecule has 1 saturated carbocycles. The van der Waals surface area contributed by atoms with E-state index in [1.54, 1.807) is 6.20 Å². The van der Waals surface area contributed by atoms with E-state index in [0.717, 1.165) is 12.8 Å². The van der Waals surface area contributed by atoms with Crippen molar-refractivity contribution in [2.75, 3.05) is 11.9 Å². The Labute approximate surface area is 107 Å². The second-order valence-electron chi connectivity index (χ2n) is 5.07. The fourth-order valence-electron chi connectivity index (χ4n) is 2.67. The lowest BCUT2D eigenvalue weighted by Crippen LogP contribution is -2.37. The molecule has 5 heteroatoms. The summed E-state index contributed by atoms with van der Waals surface area (Å²) in [5.74, 6) is 0.147. The van der Waals surface area contributed by atoms with Gasteiger partial charge in [0.1, 0.15) is 0 Å². The Kier molecular flexibility index (Phi) is 3.79. The van der Waals surface area contributed by atoms with E-state index in [1.165, 1.54) is 19.0 Å². The van der Waals surface area contributed by atoms with Crippen LogP contribution in [0.2, 0.25) is 0 Å². The van der Waals surface area contributed by atoms with Crippen molar-refractivity contribution in [3.05, 3.63) is 18.1 Å². The Morgan fingerprint density at radius 3 is 2.78 bits per heavy atom. The van der Waals surface area contributed by atoms with Gasteiger partial charge in [-0.15, -0.1) is 0 Å². The SMILES string of the molecule is CC1CCCC(N(C)c2nccnc2C(=O)O)C1. The number of carboxylic acids is 1. The number of carboxylic acid groups (broad SMARTS) is 1. The Morgan fingerprint density at radius 2 is 2.11 bits per heavy atom. The van der Waals surface area contributed by atoms with Gasteiger partial charge in [-0.05, 0) is 18.8 Å². The second kappa shape index (κ2) is 5.33. The van der Waals surface area contributed by atoms with E-state index in [-0.39, 0.29) is 5.69 Å². The predicted molar refractivity (Wildman–Crippen MR) is 68.8 cm³/mol.